The van der Waals surface area contributed by atoms with Crippen molar-refractivity contribution < 1.29 is 4.79 Å². The van der Waals surface area contributed by atoms with Gasteiger partial charge >= 0.3 is 0 Å². The second-order valence-electron chi connectivity index (χ2n) is 3.07. The minimum Gasteiger partial charge on any atom is -0.295 e. The Hall–Kier alpha value is -0.610. The number of carbonyl (C=O) groups excluding carboxylic acids is 1. The predicted octanol–water partition coefficient (Wildman–Crippen LogP) is -0.539. The summed E-state index contributed by atoms with van der Waals surface area (Å²) in [7, 11) is 1.96. The summed E-state index contributed by atoms with van der Waals surface area (Å²) in [5.41, 5.74) is 2.12. The predicted molar refractivity (Wildman–Crippen MR) is 42.6 cm³/mol. The molecular formula is C7H15N3O. The molecule has 0 atom stereocenters. The van der Waals surface area contributed by atoms with Gasteiger partial charge in [-0.15, -0.1) is 0 Å². The van der Waals surface area contributed by atoms with Crippen LogP contribution in [-0.4, -0.2) is 30.4 Å². The summed E-state index contributed by atoms with van der Waals surface area (Å²) in [4.78, 5) is 12.8. The fourth-order valence-corrected chi connectivity index (χ4v) is 1.23. The number of nitrogens with two attached hydrogens (primary N) is 1. The molecule has 0 unspecified atom stereocenters. The molecule has 0 saturated heterocycles. The van der Waals surface area contributed by atoms with E-state index in [4.69, 9.17) is 5.84 Å². The molecular weight excluding hydrogens is 142 g/mol. The van der Waals surface area contributed by atoms with Gasteiger partial charge in [-0.05, 0) is 19.9 Å². The summed E-state index contributed by atoms with van der Waals surface area (Å²) in [5.74, 6) is 4.84. The number of rotatable bonds is 3. The van der Waals surface area contributed by atoms with Crippen LogP contribution in [0.15, 0.2) is 0 Å². The number of nitrogens with one attached hydrogen (secondary N) is 1. The largest absolute Gasteiger partial charge is 0.295 e. The highest BCUT2D eigenvalue weighted by Crippen LogP contribution is 2.22. The molecule has 4 nitrogen and oxygen atoms in total. The van der Waals surface area contributed by atoms with Crippen molar-refractivity contribution in [1.82, 2.24) is 10.3 Å². The molecule has 4 heteroatoms. The van der Waals surface area contributed by atoms with Crippen molar-refractivity contribution in [1.29, 1.82) is 0 Å². The van der Waals surface area contributed by atoms with Crippen LogP contribution < -0.4 is 11.3 Å². The summed E-state index contributed by atoms with van der Waals surface area (Å²) in [6.07, 6.45) is 3.72. The number of hydrazine groups is 1. The molecule has 0 aromatic heterocycles. The maximum absolute atomic E-state index is 10.8. The SMILES string of the molecule is CN(CC(=O)NN)C1CCC1. The molecule has 1 amide bonds. The lowest BCUT2D eigenvalue weighted by Crippen LogP contribution is -2.45. The standard InChI is InChI=1S/C7H15N3O/c1-10(5-7(11)9-8)6-3-2-4-6/h6H,2-5,8H2,1H3,(H,9,11). The molecule has 0 aliphatic heterocycles. The van der Waals surface area contributed by atoms with Crippen LogP contribution in [0, 0.1) is 0 Å². The summed E-state index contributed by atoms with van der Waals surface area (Å²) < 4.78 is 0. The van der Waals surface area contributed by atoms with Crippen LogP contribution in [0.3, 0.4) is 0 Å². The van der Waals surface area contributed by atoms with Gasteiger partial charge in [-0.1, -0.05) is 6.42 Å². The zero-order valence-corrected chi connectivity index (χ0v) is 6.84. The monoisotopic (exact) mass is 157 g/mol. The summed E-state index contributed by atoms with van der Waals surface area (Å²) in [6, 6.07) is 0.604. The maximum atomic E-state index is 10.8. The van der Waals surface area contributed by atoms with Crippen molar-refractivity contribution >= 4 is 5.91 Å². The molecule has 1 saturated carbocycles. The molecule has 1 aliphatic rings. The van der Waals surface area contributed by atoms with E-state index in [9.17, 15) is 4.79 Å². The van der Waals surface area contributed by atoms with E-state index < -0.39 is 0 Å². The van der Waals surface area contributed by atoms with Crippen molar-refractivity contribution in [3.63, 3.8) is 0 Å². The molecule has 0 radical (unpaired) electrons. The highest BCUT2D eigenvalue weighted by atomic mass is 16.2. The first-order chi connectivity index (χ1) is 5.24. The summed E-state index contributed by atoms with van der Waals surface area (Å²) in [6.45, 7) is 0.418. The summed E-state index contributed by atoms with van der Waals surface area (Å²) >= 11 is 0. The van der Waals surface area contributed by atoms with E-state index in [0.717, 1.165) is 0 Å². The van der Waals surface area contributed by atoms with Gasteiger partial charge in [0.2, 0.25) is 5.91 Å². The van der Waals surface area contributed by atoms with E-state index in [-0.39, 0.29) is 5.91 Å². The highest BCUT2D eigenvalue weighted by Gasteiger charge is 2.22. The van der Waals surface area contributed by atoms with Gasteiger partial charge in [0, 0.05) is 6.04 Å². The van der Waals surface area contributed by atoms with Gasteiger partial charge in [-0.3, -0.25) is 15.1 Å². The minimum absolute atomic E-state index is 0.112. The molecule has 1 aliphatic carbocycles. The van der Waals surface area contributed by atoms with Crippen molar-refractivity contribution in [2.45, 2.75) is 25.3 Å². The Labute approximate surface area is 66.7 Å². The van der Waals surface area contributed by atoms with Crippen molar-refractivity contribution in [3.8, 4) is 0 Å². The second-order valence-corrected chi connectivity index (χ2v) is 3.07. The average Bonchev–Trinajstić information content (AvgIpc) is 1.83. The van der Waals surface area contributed by atoms with E-state index in [2.05, 4.69) is 5.43 Å². The molecule has 1 fully saturated rings. The van der Waals surface area contributed by atoms with Crippen LogP contribution >= 0.6 is 0 Å². The number of nitrogens with zero attached hydrogens (tertiary/aromatic N) is 1. The summed E-state index contributed by atoms with van der Waals surface area (Å²) in [5, 5.41) is 0. The zero-order valence-electron chi connectivity index (χ0n) is 6.84. The number of hydrogen-bond acceptors (Lipinski definition) is 3. The van der Waals surface area contributed by atoms with E-state index in [1.54, 1.807) is 0 Å². The fraction of sp³-hybridized carbons (Fsp3) is 0.857. The van der Waals surface area contributed by atoms with Crippen LogP contribution in [0.1, 0.15) is 19.3 Å². The van der Waals surface area contributed by atoms with Crippen LogP contribution in [0.25, 0.3) is 0 Å². The molecule has 0 aromatic rings. The molecule has 0 spiro atoms. The first kappa shape index (κ1) is 8.49. The Bertz CT molecular complexity index is 145. The minimum atomic E-state index is -0.112. The van der Waals surface area contributed by atoms with Crippen molar-refractivity contribution in [3.05, 3.63) is 0 Å². The van der Waals surface area contributed by atoms with Crippen LogP contribution in [0.2, 0.25) is 0 Å². The highest BCUT2D eigenvalue weighted by molar-refractivity contribution is 5.77. The van der Waals surface area contributed by atoms with E-state index >= 15 is 0 Å². The van der Waals surface area contributed by atoms with Crippen molar-refractivity contribution in [2.24, 2.45) is 5.84 Å². The van der Waals surface area contributed by atoms with E-state index in [1.807, 2.05) is 11.9 Å². The smallest absolute Gasteiger partial charge is 0.248 e. The fourth-order valence-electron chi connectivity index (χ4n) is 1.23. The van der Waals surface area contributed by atoms with Gasteiger partial charge in [0.15, 0.2) is 0 Å². The lowest BCUT2D eigenvalue weighted by molar-refractivity contribution is -0.122. The van der Waals surface area contributed by atoms with Crippen LogP contribution in [0.5, 0.6) is 0 Å². The van der Waals surface area contributed by atoms with Crippen LogP contribution in [-0.2, 0) is 4.79 Å². The Kier molecular flexibility index (Phi) is 2.84. The second kappa shape index (κ2) is 3.69. The van der Waals surface area contributed by atoms with Crippen molar-refractivity contribution in [2.75, 3.05) is 13.6 Å². The van der Waals surface area contributed by atoms with E-state index in [1.165, 1.54) is 19.3 Å². The molecule has 0 aromatic carbocycles. The molecule has 1 rings (SSSR count). The number of amides is 1. The van der Waals surface area contributed by atoms with Gasteiger partial charge in [0.1, 0.15) is 0 Å². The van der Waals surface area contributed by atoms with Gasteiger partial charge in [-0.25, -0.2) is 5.84 Å². The third-order valence-electron chi connectivity index (χ3n) is 2.25. The number of carbonyl (C=O) groups is 1. The Morgan fingerprint density at radius 1 is 1.73 bits per heavy atom. The molecule has 3 N–H and O–H groups in total. The molecule has 11 heavy (non-hydrogen) atoms. The Morgan fingerprint density at radius 2 is 2.36 bits per heavy atom. The van der Waals surface area contributed by atoms with Gasteiger partial charge in [-0.2, -0.15) is 0 Å². The van der Waals surface area contributed by atoms with Gasteiger partial charge in [0.25, 0.3) is 0 Å². The molecule has 0 heterocycles. The van der Waals surface area contributed by atoms with Gasteiger partial charge < -0.3 is 0 Å². The first-order valence-corrected chi connectivity index (χ1v) is 3.93. The Balaban J connectivity index is 2.19. The molecule has 64 valence electrons. The van der Waals surface area contributed by atoms with E-state index in [0.29, 0.717) is 12.6 Å². The normalized spacial score (nSPS) is 18.1. The number of hydrogen-bond donors (Lipinski definition) is 2. The first-order valence-electron chi connectivity index (χ1n) is 3.93. The van der Waals surface area contributed by atoms with Gasteiger partial charge in [0.05, 0.1) is 6.54 Å². The molecule has 0 bridgehead atoms. The average molecular weight is 157 g/mol. The Morgan fingerprint density at radius 3 is 2.73 bits per heavy atom. The topological polar surface area (TPSA) is 58.4 Å². The quantitative estimate of drug-likeness (QED) is 0.328. The lowest BCUT2D eigenvalue weighted by atomic mass is 9.92. The zero-order chi connectivity index (χ0) is 8.27. The third-order valence-corrected chi connectivity index (χ3v) is 2.25. The van der Waals surface area contributed by atoms with Crippen LogP contribution in [0.4, 0.5) is 0 Å². The maximum Gasteiger partial charge on any atom is 0.248 e. The lowest BCUT2D eigenvalue weighted by Gasteiger charge is -2.33. The third kappa shape index (κ3) is 2.17. The number of likely N-dealkylation sites (N-methyl/N-ethyl adjacent to an activating group) is 1.